The number of sulfonamides is 1. The Hall–Kier alpha value is -3.50. The van der Waals surface area contributed by atoms with Gasteiger partial charge in [-0.3, -0.25) is 4.79 Å². The molecular formula is C29H37N5O4S. The van der Waals surface area contributed by atoms with Gasteiger partial charge in [0.25, 0.3) is 15.9 Å². The van der Waals surface area contributed by atoms with Crippen LogP contribution in [-0.4, -0.2) is 62.0 Å². The Labute approximate surface area is 231 Å². The molecule has 4 bridgehead atoms. The first-order valence-corrected chi connectivity index (χ1v) is 14.5. The first kappa shape index (κ1) is 28.5. The molecule has 0 fully saturated rings. The Morgan fingerprint density at radius 2 is 1.77 bits per heavy atom. The van der Waals surface area contributed by atoms with Gasteiger partial charge in [0, 0.05) is 30.8 Å². The van der Waals surface area contributed by atoms with Crippen molar-refractivity contribution in [2.45, 2.75) is 52.0 Å². The molecule has 2 aromatic carbocycles. The number of rotatable bonds is 5. The quantitative estimate of drug-likeness (QED) is 0.451. The Balaban J connectivity index is 1.79. The summed E-state index contributed by atoms with van der Waals surface area (Å²) in [5.41, 5.74) is 3.84. The number of carbonyl (C=O) groups is 1. The molecule has 2 heterocycles. The fourth-order valence-electron chi connectivity index (χ4n) is 4.50. The van der Waals surface area contributed by atoms with Crippen LogP contribution in [0.4, 0.5) is 5.95 Å². The number of aromatic nitrogens is 2. The van der Waals surface area contributed by atoms with Crippen LogP contribution in [0.25, 0.3) is 11.3 Å². The number of benzene rings is 2. The van der Waals surface area contributed by atoms with Crippen molar-refractivity contribution in [3.8, 4) is 17.1 Å². The third-order valence-electron chi connectivity index (χ3n) is 6.59. The second-order valence-electron chi connectivity index (χ2n) is 11.3. The van der Waals surface area contributed by atoms with Crippen LogP contribution in [0, 0.1) is 19.3 Å². The lowest BCUT2D eigenvalue weighted by atomic mass is 9.92. The largest absolute Gasteiger partial charge is 0.471 e. The maximum absolute atomic E-state index is 13.3. The van der Waals surface area contributed by atoms with Crippen LogP contribution in [0.1, 0.15) is 48.7 Å². The number of hydrogen-bond acceptors (Lipinski definition) is 7. The summed E-state index contributed by atoms with van der Waals surface area (Å²) in [5, 5.41) is 3.44. The summed E-state index contributed by atoms with van der Waals surface area (Å²) in [6, 6.07) is 13.6. The molecule has 1 atom stereocenters. The molecule has 10 heteroatoms. The van der Waals surface area contributed by atoms with Gasteiger partial charge in [0.2, 0.25) is 11.8 Å². The van der Waals surface area contributed by atoms with E-state index >= 15 is 0 Å². The zero-order valence-electron chi connectivity index (χ0n) is 23.4. The van der Waals surface area contributed by atoms with E-state index < -0.39 is 16.1 Å². The van der Waals surface area contributed by atoms with Gasteiger partial charge in [-0.05, 0) is 61.6 Å². The fraction of sp³-hybridized carbons (Fsp3) is 0.414. The van der Waals surface area contributed by atoms with Crippen LogP contribution in [0.15, 0.2) is 53.4 Å². The van der Waals surface area contributed by atoms with Crippen molar-refractivity contribution in [2.75, 3.05) is 31.4 Å². The van der Waals surface area contributed by atoms with Crippen molar-refractivity contribution in [3.63, 3.8) is 0 Å². The molecule has 1 unspecified atom stereocenters. The van der Waals surface area contributed by atoms with Crippen molar-refractivity contribution in [1.29, 1.82) is 0 Å². The van der Waals surface area contributed by atoms with Gasteiger partial charge < -0.3 is 15.0 Å². The van der Waals surface area contributed by atoms with Gasteiger partial charge in [0.1, 0.15) is 6.10 Å². The first-order valence-electron chi connectivity index (χ1n) is 13.0. The molecule has 208 valence electrons. The first-order chi connectivity index (χ1) is 18.3. The molecule has 1 aromatic heterocycles. The number of hydrogen-bond donors (Lipinski definition) is 2. The Kier molecular flexibility index (Phi) is 8.27. The molecule has 4 rings (SSSR count). The van der Waals surface area contributed by atoms with Crippen molar-refractivity contribution in [3.05, 3.63) is 65.2 Å². The zero-order chi connectivity index (χ0) is 28.4. The molecule has 0 radical (unpaired) electrons. The second-order valence-corrected chi connectivity index (χ2v) is 12.9. The average molecular weight is 552 g/mol. The molecule has 0 saturated carbocycles. The third kappa shape index (κ3) is 7.13. The predicted molar refractivity (Wildman–Crippen MR) is 153 cm³/mol. The Bertz CT molecular complexity index is 1450. The van der Waals surface area contributed by atoms with E-state index in [1.807, 2.05) is 32.0 Å². The molecule has 0 spiro atoms. The number of anilines is 1. The highest BCUT2D eigenvalue weighted by Gasteiger charge is 2.25. The highest BCUT2D eigenvalue weighted by Crippen LogP contribution is 2.30. The van der Waals surface area contributed by atoms with Crippen molar-refractivity contribution in [1.82, 2.24) is 20.2 Å². The molecule has 1 aliphatic rings. The molecule has 0 aliphatic carbocycles. The van der Waals surface area contributed by atoms with Gasteiger partial charge in [-0.25, -0.2) is 18.1 Å². The fourth-order valence-corrected chi connectivity index (χ4v) is 5.49. The van der Waals surface area contributed by atoms with Gasteiger partial charge >= 0.3 is 0 Å². The number of likely N-dealkylation sites (N-methyl/N-ethyl adjacent to an activating group) is 1. The SMILES string of the molecule is Cc1cccc(C)c1-c1cc2nc(n1)NS(=O)(=O)c1cccc(c1)C(=O)N(C)CC(CNCCC(C)(C)C)O2. The number of fused-ring (bicyclic) bond motifs is 4. The average Bonchev–Trinajstić information content (AvgIpc) is 2.85. The van der Waals surface area contributed by atoms with Crippen molar-refractivity contribution >= 4 is 21.9 Å². The summed E-state index contributed by atoms with van der Waals surface area (Å²) in [4.78, 5) is 23.7. The molecule has 9 nitrogen and oxygen atoms in total. The smallest absolute Gasteiger partial charge is 0.264 e. The van der Waals surface area contributed by atoms with Gasteiger partial charge in [-0.2, -0.15) is 4.98 Å². The zero-order valence-corrected chi connectivity index (χ0v) is 24.2. The van der Waals surface area contributed by atoms with E-state index in [2.05, 4.69) is 40.8 Å². The Morgan fingerprint density at radius 3 is 2.46 bits per heavy atom. The van der Waals surface area contributed by atoms with Crippen molar-refractivity contribution < 1.29 is 17.9 Å². The molecule has 39 heavy (non-hydrogen) atoms. The number of ether oxygens (including phenoxy) is 1. The normalized spacial score (nSPS) is 17.3. The van der Waals surface area contributed by atoms with Crippen molar-refractivity contribution in [2.24, 2.45) is 5.41 Å². The number of aryl methyl sites for hydroxylation is 2. The summed E-state index contributed by atoms with van der Waals surface area (Å²) >= 11 is 0. The minimum absolute atomic E-state index is 0.0510. The lowest BCUT2D eigenvalue weighted by Crippen LogP contribution is -2.43. The van der Waals surface area contributed by atoms with E-state index in [9.17, 15) is 13.2 Å². The molecule has 2 N–H and O–H groups in total. The molecule has 1 aliphatic heterocycles. The standard InChI is InChI=1S/C29H37N5O4S/c1-19-9-7-10-20(2)26(19)24-16-25-32-28(31-24)33-39(36,37)23-12-8-11-21(15-23)27(35)34(6)18-22(38-25)17-30-14-13-29(3,4)5/h7-12,15-16,22,30H,13-14,17-18H2,1-6H3,(H,31,32,33). The van der Waals surface area contributed by atoms with Crippen LogP contribution >= 0.6 is 0 Å². The van der Waals surface area contributed by atoms with Gasteiger partial charge in [-0.1, -0.05) is 45.0 Å². The van der Waals surface area contributed by atoms with Gasteiger partial charge in [0.05, 0.1) is 17.1 Å². The molecular weight excluding hydrogens is 514 g/mol. The molecule has 0 saturated heterocycles. The molecule has 3 aromatic rings. The van der Waals surface area contributed by atoms with Crippen LogP contribution in [0.5, 0.6) is 5.88 Å². The summed E-state index contributed by atoms with van der Waals surface area (Å²) in [6.45, 7) is 12.0. The summed E-state index contributed by atoms with van der Waals surface area (Å²) in [6.07, 6.45) is 0.519. The lowest BCUT2D eigenvalue weighted by Gasteiger charge is -2.26. The second kappa shape index (κ2) is 11.3. The predicted octanol–water partition coefficient (Wildman–Crippen LogP) is 4.42. The maximum Gasteiger partial charge on any atom is 0.264 e. The van der Waals surface area contributed by atoms with Crippen LogP contribution < -0.4 is 14.8 Å². The maximum atomic E-state index is 13.3. The third-order valence-corrected chi connectivity index (χ3v) is 7.92. The minimum atomic E-state index is -4.08. The van der Waals surface area contributed by atoms with E-state index in [-0.39, 0.29) is 40.2 Å². The highest BCUT2D eigenvalue weighted by molar-refractivity contribution is 7.92. The van der Waals surface area contributed by atoms with Gasteiger partial charge in [-0.15, -0.1) is 0 Å². The number of nitrogens with one attached hydrogen (secondary N) is 2. The highest BCUT2D eigenvalue weighted by atomic mass is 32.2. The lowest BCUT2D eigenvalue weighted by molar-refractivity contribution is 0.0706. The summed E-state index contributed by atoms with van der Waals surface area (Å²) in [7, 11) is -2.40. The van der Waals surface area contributed by atoms with Crippen LogP contribution in [0.3, 0.4) is 0 Å². The van der Waals surface area contributed by atoms with E-state index in [0.717, 1.165) is 29.7 Å². The topological polar surface area (TPSA) is 114 Å². The number of carbonyl (C=O) groups excluding carboxylic acids is 1. The Morgan fingerprint density at radius 1 is 1.08 bits per heavy atom. The molecule has 1 amide bonds. The van der Waals surface area contributed by atoms with Gasteiger partial charge in [0.15, 0.2) is 0 Å². The summed E-state index contributed by atoms with van der Waals surface area (Å²) < 4.78 is 35.4. The monoisotopic (exact) mass is 551 g/mol. The van der Waals surface area contributed by atoms with E-state index in [1.165, 1.54) is 12.1 Å². The van der Waals surface area contributed by atoms with E-state index in [1.54, 1.807) is 30.1 Å². The number of amides is 1. The minimum Gasteiger partial charge on any atom is -0.471 e. The summed E-state index contributed by atoms with van der Waals surface area (Å²) in [5.74, 6) is -0.188. The van der Waals surface area contributed by atoms with E-state index in [4.69, 9.17) is 4.74 Å². The van der Waals surface area contributed by atoms with Crippen LogP contribution in [0.2, 0.25) is 0 Å². The number of nitrogens with zero attached hydrogens (tertiary/aromatic N) is 3. The van der Waals surface area contributed by atoms with E-state index in [0.29, 0.717) is 12.2 Å². The van der Waals surface area contributed by atoms with Crippen LogP contribution in [-0.2, 0) is 10.0 Å².